The van der Waals surface area contributed by atoms with Crippen LogP contribution in [0.3, 0.4) is 0 Å². The monoisotopic (exact) mass is 295 g/mol. The average Bonchev–Trinajstić information content (AvgIpc) is 3.06. The molecule has 0 bridgehead atoms. The van der Waals surface area contributed by atoms with E-state index in [1.807, 2.05) is 16.5 Å². The Bertz CT molecular complexity index is 474. The minimum atomic E-state index is -0.0526. The highest BCUT2D eigenvalue weighted by Gasteiger charge is 2.33. The third kappa shape index (κ3) is 3.53. The van der Waals surface area contributed by atoms with E-state index in [9.17, 15) is 4.79 Å². The summed E-state index contributed by atoms with van der Waals surface area (Å²) in [4.78, 5) is 14.3. The van der Waals surface area contributed by atoms with Crippen molar-refractivity contribution in [1.29, 1.82) is 0 Å². The van der Waals surface area contributed by atoms with Crippen LogP contribution in [-0.2, 0) is 11.8 Å². The molecule has 1 aromatic heterocycles. The van der Waals surface area contributed by atoms with E-state index < -0.39 is 0 Å². The molecule has 0 unspecified atom stereocenters. The van der Waals surface area contributed by atoms with Crippen LogP contribution in [0.2, 0.25) is 0 Å². The number of carbonyl (C=O) groups is 1. The molecule has 1 aliphatic rings. The molecule has 1 aliphatic heterocycles. The van der Waals surface area contributed by atoms with Gasteiger partial charge in [-0.25, -0.2) is 4.79 Å². The number of hydrogen-bond donors (Lipinski definition) is 1. The van der Waals surface area contributed by atoms with Gasteiger partial charge < -0.3 is 19.5 Å². The standard InChI is InChI=1S/C14H25N5O2/c1-10(2)12(21-4)8-15-14(20)19-7-5-6-11(19)13-17-16-9-18(13)3/h9-12H,5-8H2,1-4H3,(H,15,20)/t11-,12+/m1/s1. The van der Waals surface area contributed by atoms with Gasteiger partial charge in [-0.1, -0.05) is 13.8 Å². The second-order valence-electron chi connectivity index (χ2n) is 5.86. The van der Waals surface area contributed by atoms with Crippen molar-refractivity contribution >= 4 is 6.03 Å². The van der Waals surface area contributed by atoms with Crippen molar-refractivity contribution in [3.63, 3.8) is 0 Å². The lowest BCUT2D eigenvalue weighted by molar-refractivity contribution is 0.0649. The molecular formula is C14H25N5O2. The van der Waals surface area contributed by atoms with E-state index in [1.165, 1.54) is 0 Å². The summed E-state index contributed by atoms with van der Waals surface area (Å²) in [6.45, 7) is 5.44. The first-order chi connectivity index (χ1) is 10.0. The summed E-state index contributed by atoms with van der Waals surface area (Å²) in [7, 11) is 3.58. The summed E-state index contributed by atoms with van der Waals surface area (Å²) in [5.74, 6) is 1.21. The smallest absolute Gasteiger partial charge is 0.318 e. The molecule has 0 spiro atoms. The van der Waals surface area contributed by atoms with Gasteiger partial charge in [0.15, 0.2) is 5.82 Å². The average molecular weight is 295 g/mol. The number of likely N-dealkylation sites (tertiary alicyclic amines) is 1. The summed E-state index contributed by atoms with van der Waals surface area (Å²) in [5, 5.41) is 11.0. The molecule has 1 aromatic rings. The van der Waals surface area contributed by atoms with Gasteiger partial charge in [0.25, 0.3) is 0 Å². The van der Waals surface area contributed by atoms with Crippen LogP contribution < -0.4 is 5.32 Å². The first kappa shape index (κ1) is 15.8. The number of urea groups is 1. The summed E-state index contributed by atoms with van der Waals surface area (Å²) in [5.41, 5.74) is 0. The molecule has 7 heteroatoms. The lowest BCUT2D eigenvalue weighted by atomic mass is 10.1. The van der Waals surface area contributed by atoms with E-state index in [-0.39, 0.29) is 18.2 Å². The zero-order valence-corrected chi connectivity index (χ0v) is 13.2. The molecule has 0 radical (unpaired) electrons. The van der Waals surface area contributed by atoms with Gasteiger partial charge in [-0.05, 0) is 18.8 Å². The van der Waals surface area contributed by atoms with Crippen molar-refractivity contribution in [3.8, 4) is 0 Å². The van der Waals surface area contributed by atoms with Crippen molar-refractivity contribution < 1.29 is 9.53 Å². The lowest BCUT2D eigenvalue weighted by Crippen LogP contribution is -2.44. The highest BCUT2D eigenvalue weighted by Crippen LogP contribution is 2.30. The SMILES string of the molecule is CO[C@@H](CNC(=O)N1CCC[C@@H]1c1nncn1C)C(C)C. The Kier molecular flexibility index (Phi) is 5.17. The first-order valence-corrected chi connectivity index (χ1v) is 7.45. The van der Waals surface area contributed by atoms with Crippen LogP contribution in [0.1, 0.15) is 38.6 Å². The van der Waals surface area contributed by atoms with Gasteiger partial charge in [-0.3, -0.25) is 0 Å². The van der Waals surface area contributed by atoms with E-state index in [0.29, 0.717) is 12.5 Å². The number of carbonyl (C=O) groups excluding carboxylic acids is 1. The second kappa shape index (κ2) is 6.89. The third-order valence-electron chi connectivity index (χ3n) is 4.06. The van der Waals surface area contributed by atoms with Gasteiger partial charge >= 0.3 is 6.03 Å². The molecular weight excluding hydrogens is 270 g/mol. The fourth-order valence-electron chi connectivity index (χ4n) is 2.75. The number of nitrogens with zero attached hydrogens (tertiary/aromatic N) is 4. The molecule has 2 atom stereocenters. The summed E-state index contributed by atoms with van der Waals surface area (Å²) in [6, 6.07) is -0.0410. The van der Waals surface area contributed by atoms with Crippen LogP contribution in [0.25, 0.3) is 0 Å². The maximum Gasteiger partial charge on any atom is 0.318 e. The van der Waals surface area contributed by atoms with Gasteiger partial charge in [0.05, 0.1) is 12.1 Å². The van der Waals surface area contributed by atoms with Crippen LogP contribution in [-0.4, -0.2) is 52.0 Å². The molecule has 7 nitrogen and oxygen atoms in total. The summed E-state index contributed by atoms with van der Waals surface area (Å²) in [6.07, 6.45) is 3.62. The molecule has 0 saturated carbocycles. The number of nitrogens with one attached hydrogen (secondary N) is 1. The molecule has 1 saturated heterocycles. The Morgan fingerprint density at radius 3 is 2.90 bits per heavy atom. The molecule has 0 aliphatic carbocycles. The number of aryl methyl sites for hydroxylation is 1. The van der Waals surface area contributed by atoms with Crippen molar-refractivity contribution in [2.45, 2.75) is 38.8 Å². The predicted molar refractivity (Wildman–Crippen MR) is 78.7 cm³/mol. The molecule has 2 amide bonds. The van der Waals surface area contributed by atoms with Crippen LogP contribution in [0.15, 0.2) is 6.33 Å². The Labute approximate surface area is 125 Å². The number of hydrogen-bond acceptors (Lipinski definition) is 4. The maximum absolute atomic E-state index is 12.4. The van der Waals surface area contributed by atoms with E-state index in [2.05, 4.69) is 29.4 Å². The van der Waals surface area contributed by atoms with Crippen molar-refractivity contribution in [2.75, 3.05) is 20.2 Å². The number of rotatable bonds is 5. The zero-order chi connectivity index (χ0) is 15.4. The largest absolute Gasteiger partial charge is 0.379 e. The molecule has 2 rings (SSSR count). The highest BCUT2D eigenvalue weighted by atomic mass is 16.5. The Balaban J connectivity index is 1.97. The molecule has 118 valence electrons. The quantitative estimate of drug-likeness (QED) is 0.889. The third-order valence-corrected chi connectivity index (χ3v) is 4.06. The first-order valence-electron chi connectivity index (χ1n) is 7.45. The predicted octanol–water partition coefficient (Wildman–Crippen LogP) is 1.33. The van der Waals surface area contributed by atoms with Crippen LogP contribution in [0.4, 0.5) is 4.79 Å². The van der Waals surface area contributed by atoms with E-state index in [4.69, 9.17) is 4.74 Å². The number of methoxy groups -OCH3 is 1. The van der Waals surface area contributed by atoms with Crippen LogP contribution in [0.5, 0.6) is 0 Å². The Morgan fingerprint density at radius 2 is 2.33 bits per heavy atom. The van der Waals surface area contributed by atoms with Gasteiger partial charge in [-0.2, -0.15) is 0 Å². The fraction of sp³-hybridized carbons (Fsp3) is 0.786. The molecule has 21 heavy (non-hydrogen) atoms. The van der Waals surface area contributed by atoms with Gasteiger partial charge in [0, 0.05) is 27.2 Å². The van der Waals surface area contributed by atoms with Crippen LogP contribution >= 0.6 is 0 Å². The second-order valence-corrected chi connectivity index (χ2v) is 5.86. The van der Waals surface area contributed by atoms with Crippen molar-refractivity contribution in [1.82, 2.24) is 25.0 Å². The summed E-state index contributed by atoms with van der Waals surface area (Å²) >= 11 is 0. The molecule has 1 fully saturated rings. The van der Waals surface area contributed by atoms with Crippen LogP contribution in [0, 0.1) is 5.92 Å². The Morgan fingerprint density at radius 1 is 1.57 bits per heavy atom. The minimum absolute atomic E-state index is 0.0116. The van der Waals surface area contributed by atoms with Crippen molar-refractivity contribution in [3.05, 3.63) is 12.2 Å². The number of amides is 2. The molecule has 0 aromatic carbocycles. The van der Waals surface area contributed by atoms with Gasteiger partial charge in [-0.15, -0.1) is 10.2 Å². The summed E-state index contributed by atoms with van der Waals surface area (Å²) < 4.78 is 7.26. The van der Waals surface area contributed by atoms with E-state index in [1.54, 1.807) is 13.4 Å². The molecule has 1 N–H and O–H groups in total. The van der Waals surface area contributed by atoms with E-state index >= 15 is 0 Å². The normalized spacial score (nSPS) is 20.0. The Hall–Kier alpha value is -1.63. The van der Waals surface area contributed by atoms with Crippen molar-refractivity contribution in [2.24, 2.45) is 13.0 Å². The lowest BCUT2D eigenvalue weighted by Gasteiger charge is -2.26. The molecule has 2 heterocycles. The van der Waals surface area contributed by atoms with Gasteiger partial charge in [0.1, 0.15) is 6.33 Å². The van der Waals surface area contributed by atoms with E-state index in [0.717, 1.165) is 25.2 Å². The highest BCUT2D eigenvalue weighted by molar-refractivity contribution is 5.75. The number of ether oxygens (including phenoxy) is 1. The maximum atomic E-state index is 12.4. The topological polar surface area (TPSA) is 72.3 Å². The minimum Gasteiger partial charge on any atom is -0.379 e. The fourth-order valence-corrected chi connectivity index (χ4v) is 2.75. The zero-order valence-electron chi connectivity index (χ0n) is 13.2. The number of aromatic nitrogens is 3. The van der Waals surface area contributed by atoms with Gasteiger partial charge in [0.2, 0.25) is 0 Å².